The summed E-state index contributed by atoms with van der Waals surface area (Å²) in [4.78, 5) is 26.2. The highest BCUT2D eigenvalue weighted by Crippen LogP contribution is 2.34. The Bertz CT molecular complexity index is 904. The molecule has 8 heteroatoms. The third-order valence-electron chi connectivity index (χ3n) is 3.55. The third-order valence-corrected chi connectivity index (χ3v) is 4.64. The predicted octanol–water partition coefficient (Wildman–Crippen LogP) is 3.16. The number of rotatable bonds is 2. The highest BCUT2D eigenvalue weighted by Gasteiger charge is 2.35. The molecule has 3 rings (SSSR count). The van der Waals surface area contributed by atoms with E-state index in [0.717, 1.165) is 0 Å². The van der Waals surface area contributed by atoms with Crippen molar-refractivity contribution in [3.63, 3.8) is 0 Å². The smallest absolute Gasteiger partial charge is 0.270 e. The molecule has 0 bridgehead atoms. The molecule has 1 saturated heterocycles. The topological polar surface area (TPSA) is 54.3 Å². The maximum atomic E-state index is 12.8. The fourth-order valence-corrected chi connectivity index (χ4v) is 2.97. The van der Waals surface area contributed by atoms with E-state index in [1.807, 2.05) is 19.3 Å². The van der Waals surface area contributed by atoms with Crippen molar-refractivity contribution in [1.82, 2.24) is 9.88 Å². The molecule has 0 atom stereocenters. The van der Waals surface area contributed by atoms with E-state index in [0.29, 0.717) is 11.4 Å². The van der Waals surface area contributed by atoms with Gasteiger partial charge in [-0.05, 0) is 42.6 Å². The van der Waals surface area contributed by atoms with Gasteiger partial charge in [0, 0.05) is 18.9 Å². The number of carbonyl (C=O) groups excluding carboxylic acids is 2. The van der Waals surface area contributed by atoms with Gasteiger partial charge in [-0.2, -0.15) is 0 Å². The van der Waals surface area contributed by atoms with E-state index in [1.54, 1.807) is 28.8 Å². The number of anilines is 1. The van der Waals surface area contributed by atoms with Crippen LogP contribution in [0.25, 0.3) is 6.08 Å². The molecule has 1 aliphatic rings. The van der Waals surface area contributed by atoms with Gasteiger partial charge in [0.25, 0.3) is 11.8 Å². The summed E-state index contributed by atoms with van der Waals surface area (Å²) in [5.74, 6) is -1.12. The zero-order valence-electron chi connectivity index (χ0n) is 12.4. The third kappa shape index (κ3) is 2.84. The number of hydrogen-bond donors (Lipinski definition) is 1. The second-order valence-corrected chi connectivity index (χ2v) is 6.25. The van der Waals surface area contributed by atoms with Crippen molar-refractivity contribution >= 4 is 64.1 Å². The number of amides is 2. The first-order chi connectivity index (χ1) is 11.4. The van der Waals surface area contributed by atoms with Gasteiger partial charge >= 0.3 is 0 Å². The quantitative estimate of drug-likeness (QED) is 0.495. The molecule has 2 amide bonds. The monoisotopic (exact) mass is 379 g/mol. The molecular weight excluding hydrogens is 369 g/mol. The fraction of sp³-hybridized carbons (Fsp3) is 0.0625. The Morgan fingerprint density at radius 2 is 1.92 bits per heavy atom. The minimum absolute atomic E-state index is 0.0403. The van der Waals surface area contributed by atoms with Crippen LogP contribution >= 0.6 is 35.4 Å². The van der Waals surface area contributed by atoms with Gasteiger partial charge in [0.2, 0.25) is 0 Å². The second-order valence-electron chi connectivity index (χ2n) is 5.07. The van der Waals surface area contributed by atoms with Crippen LogP contribution in [0.1, 0.15) is 5.69 Å². The van der Waals surface area contributed by atoms with Crippen LogP contribution in [0.15, 0.2) is 42.1 Å². The van der Waals surface area contributed by atoms with Gasteiger partial charge in [0.05, 0.1) is 15.7 Å². The van der Waals surface area contributed by atoms with Crippen LogP contribution in [-0.4, -0.2) is 21.5 Å². The molecule has 1 fully saturated rings. The number of hydrogen-bond acceptors (Lipinski definition) is 3. The Morgan fingerprint density at radius 1 is 1.17 bits per heavy atom. The molecular formula is C16H11Cl2N3O2S. The molecule has 0 radical (unpaired) electrons. The summed E-state index contributed by atoms with van der Waals surface area (Å²) in [6, 6.07) is 8.46. The Kier molecular flexibility index (Phi) is 4.45. The second kappa shape index (κ2) is 6.39. The summed E-state index contributed by atoms with van der Waals surface area (Å²) in [6.45, 7) is 0. The van der Waals surface area contributed by atoms with Crippen LogP contribution in [0, 0.1) is 0 Å². The van der Waals surface area contributed by atoms with Crippen LogP contribution in [0.2, 0.25) is 10.0 Å². The number of halogens is 2. The molecule has 0 aliphatic carbocycles. The van der Waals surface area contributed by atoms with E-state index < -0.39 is 11.8 Å². The molecule has 122 valence electrons. The van der Waals surface area contributed by atoms with Crippen LogP contribution in [0.4, 0.5) is 5.69 Å². The van der Waals surface area contributed by atoms with Gasteiger partial charge in [0.1, 0.15) is 5.57 Å². The normalized spacial score (nSPS) is 16.7. The van der Waals surface area contributed by atoms with Crippen molar-refractivity contribution in [3.8, 4) is 0 Å². The van der Waals surface area contributed by atoms with Gasteiger partial charge in [-0.25, -0.2) is 0 Å². The lowest BCUT2D eigenvalue weighted by atomic mass is 10.1. The number of nitrogens with zero attached hydrogens (tertiary/aromatic N) is 2. The van der Waals surface area contributed by atoms with Crippen molar-refractivity contribution in [2.24, 2.45) is 7.05 Å². The molecule has 1 N–H and O–H groups in total. The van der Waals surface area contributed by atoms with Crippen LogP contribution < -0.4 is 10.2 Å². The van der Waals surface area contributed by atoms with Crippen molar-refractivity contribution < 1.29 is 9.59 Å². The van der Waals surface area contributed by atoms with E-state index in [9.17, 15) is 9.59 Å². The van der Waals surface area contributed by atoms with Gasteiger partial charge in [0.15, 0.2) is 5.11 Å². The molecule has 1 aliphatic heterocycles. The number of aryl methyl sites for hydroxylation is 1. The Hall–Kier alpha value is -2.15. The Balaban J connectivity index is 2.09. The average Bonchev–Trinajstić information content (AvgIpc) is 2.93. The maximum Gasteiger partial charge on any atom is 0.270 e. The van der Waals surface area contributed by atoms with Crippen LogP contribution in [0.3, 0.4) is 0 Å². The summed E-state index contributed by atoms with van der Waals surface area (Å²) in [5.41, 5.74) is 0.983. The van der Waals surface area contributed by atoms with E-state index >= 15 is 0 Å². The van der Waals surface area contributed by atoms with Crippen molar-refractivity contribution in [2.45, 2.75) is 0 Å². The van der Waals surface area contributed by atoms with Gasteiger partial charge in [-0.1, -0.05) is 29.3 Å². The number of benzene rings is 1. The van der Waals surface area contributed by atoms with Crippen molar-refractivity contribution in [1.29, 1.82) is 0 Å². The van der Waals surface area contributed by atoms with E-state index in [-0.39, 0.29) is 20.7 Å². The fourth-order valence-electron chi connectivity index (χ4n) is 2.31. The molecule has 2 aromatic rings. The molecule has 0 unspecified atom stereocenters. The number of nitrogens with one attached hydrogen (secondary N) is 1. The highest BCUT2D eigenvalue weighted by molar-refractivity contribution is 7.80. The summed E-state index contributed by atoms with van der Waals surface area (Å²) in [7, 11) is 1.81. The van der Waals surface area contributed by atoms with E-state index in [4.69, 9.17) is 35.4 Å². The highest BCUT2D eigenvalue weighted by atomic mass is 35.5. The summed E-state index contributed by atoms with van der Waals surface area (Å²) in [6.07, 6.45) is 3.32. The molecule has 5 nitrogen and oxygen atoms in total. The first kappa shape index (κ1) is 16.7. The first-order valence-corrected chi connectivity index (χ1v) is 8.03. The standard InChI is InChI=1S/C16H11Cl2N3O2S/c1-20-7-3-4-9(20)8-10-14(22)19-16(24)21(15(10)23)12-6-2-5-11(17)13(12)18/h2-8H,1H3,(H,19,22,24)/b10-8-. The number of aromatic nitrogens is 1. The molecule has 1 aromatic carbocycles. The zero-order valence-corrected chi connectivity index (χ0v) is 14.7. The van der Waals surface area contributed by atoms with Gasteiger partial charge in [-0.3, -0.25) is 19.8 Å². The van der Waals surface area contributed by atoms with Gasteiger partial charge < -0.3 is 4.57 Å². The minimum Gasteiger partial charge on any atom is -0.351 e. The molecule has 24 heavy (non-hydrogen) atoms. The lowest BCUT2D eigenvalue weighted by molar-refractivity contribution is -0.122. The number of thiocarbonyl (C=S) groups is 1. The van der Waals surface area contributed by atoms with E-state index in [2.05, 4.69) is 5.32 Å². The van der Waals surface area contributed by atoms with Gasteiger partial charge in [-0.15, -0.1) is 0 Å². The lowest BCUT2D eigenvalue weighted by Crippen LogP contribution is -2.54. The lowest BCUT2D eigenvalue weighted by Gasteiger charge is -2.29. The van der Waals surface area contributed by atoms with Crippen molar-refractivity contribution in [3.05, 3.63) is 57.8 Å². The first-order valence-electron chi connectivity index (χ1n) is 6.87. The molecule has 1 aromatic heterocycles. The molecule has 0 saturated carbocycles. The van der Waals surface area contributed by atoms with Crippen molar-refractivity contribution in [2.75, 3.05) is 4.90 Å². The SMILES string of the molecule is Cn1cccc1/C=C1/C(=O)NC(=S)N(c2cccc(Cl)c2Cl)C1=O. The van der Waals surface area contributed by atoms with E-state index in [1.165, 1.54) is 11.0 Å². The number of carbonyl (C=O) groups is 2. The summed E-state index contributed by atoms with van der Waals surface area (Å²) < 4.78 is 1.79. The largest absolute Gasteiger partial charge is 0.351 e. The predicted molar refractivity (Wildman–Crippen MR) is 98.1 cm³/mol. The Labute approximate surface area is 153 Å². The summed E-state index contributed by atoms with van der Waals surface area (Å²) >= 11 is 17.3. The molecule has 2 heterocycles. The average molecular weight is 380 g/mol. The van der Waals surface area contributed by atoms with Crippen LogP contribution in [0.5, 0.6) is 0 Å². The minimum atomic E-state index is -0.561. The Morgan fingerprint density at radius 3 is 2.58 bits per heavy atom. The summed E-state index contributed by atoms with van der Waals surface area (Å²) in [5, 5.41) is 2.93. The molecule has 0 spiro atoms. The maximum absolute atomic E-state index is 12.8. The van der Waals surface area contributed by atoms with Crippen LogP contribution in [-0.2, 0) is 16.6 Å². The zero-order chi connectivity index (χ0) is 17.4.